The van der Waals surface area contributed by atoms with E-state index in [4.69, 9.17) is 21.3 Å². The second-order valence-corrected chi connectivity index (χ2v) is 8.04. The molecule has 0 N–H and O–H groups in total. The Balaban J connectivity index is 1.42. The van der Waals surface area contributed by atoms with Crippen LogP contribution in [0, 0.1) is 0 Å². The van der Waals surface area contributed by atoms with Gasteiger partial charge in [-0.1, -0.05) is 54.1 Å². The fraction of sp³-hybridized carbons (Fsp3) is 0.200. The molecule has 5 nitrogen and oxygen atoms in total. The highest BCUT2D eigenvalue weighted by molar-refractivity contribution is 6.33. The molecule has 1 amide bonds. The van der Waals surface area contributed by atoms with E-state index in [1.165, 1.54) is 0 Å². The number of nitrogens with zero attached hydrogens (tertiary/aromatic N) is 3. The summed E-state index contributed by atoms with van der Waals surface area (Å²) in [6.07, 6.45) is 0.411. The van der Waals surface area contributed by atoms with Crippen LogP contribution in [0.4, 0.5) is 5.69 Å². The van der Waals surface area contributed by atoms with Crippen LogP contribution in [0.15, 0.2) is 78.9 Å². The summed E-state index contributed by atoms with van der Waals surface area (Å²) in [4.78, 5) is 19.5. The number of amides is 1. The number of fused-ring (bicyclic) bond motifs is 1. The topological polar surface area (TPSA) is 47.4 Å². The quantitative estimate of drug-likeness (QED) is 0.416. The summed E-state index contributed by atoms with van der Waals surface area (Å²) in [6.45, 7) is 1.74. The van der Waals surface area contributed by atoms with Gasteiger partial charge in [-0.3, -0.25) is 4.79 Å². The van der Waals surface area contributed by atoms with Crippen molar-refractivity contribution in [2.24, 2.45) is 0 Å². The van der Waals surface area contributed by atoms with E-state index in [0.717, 1.165) is 28.3 Å². The molecule has 1 atom stereocenters. The van der Waals surface area contributed by atoms with Gasteiger partial charge in [-0.05, 0) is 36.4 Å². The van der Waals surface area contributed by atoms with Crippen LogP contribution in [-0.2, 0) is 11.3 Å². The van der Waals surface area contributed by atoms with Crippen LogP contribution in [0.2, 0.25) is 5.02 Å². The maximum atomic E-state index is 12.8. The van der Waals surface area contributed by atoms with Crippen molar-refractivity contribution in [3.63, 3.8) is 0 Å². The van der Waals surface area contributed by atoms with Gasteiger partial charge in [0.05, 0.1) is 28.3 Å². The van der Waals surface area contributed by atoms with Crippen molar-refractivity contribution in [3.05, 3.63) is 89.7 Å². The van der Waals surface area contributed by atoms with Gasteiger partial charge in [-0.15, -0.1) is 0 Å². The fourth-order valence-corrected chi connectivity index (χ4v) is 4.43. The fourth-order valence-electron chi connectivity index (χ4n) is 4.20. The highest BCUT2D eigenvalue weighted by Gasteiger charge is 2.35. The molecular weight excluding hydrogens is 410 g/mol. The summed E-state index contributed by atoms with van der Waals surface area (Å²) in [5.74, 6) is 1.82. The second kappa shape index (κ2) is 8.44. The number of anilines is 1. The number of carbonyl (C=O) groups excluding carboxylic acids is 1. The number of aromatic nitrogens is 2. The first-order chi connectivity index (χ1) is 15.2. The van der Waals surface area contributed by atoms with Crippen molar-refractivity contribution in [3.8, 4) is 5.75 Å². The first-order valence-electron chi connectivity index (χ1n) is 10.4. The molecule has 1 aliphatic heterocycles. The Morgan fingerprint density at radius 2 is 1.71 bits per heavy atom. The zero-order valence-electron chi connectivity index (χ0n) is 16.9. The van der Waals surface area contributed by atoms with Gasteiger partial charge in [0.15, 0.2) is 0 Å². The molecule has 2 heterocycles. The molecule has 1 saturated heterocycles. The molecule has 31 heavy (non-hydrogen) atoms. The van der Waals surface area contributed by atoms with Gasteiger partial charge in [0.1, 0.15) is 18.2 Å². The summed E-state index contributed by atoms with van der Waals surface area (Å²) in [7, 11) is 0. The third-order valence-electron chi connectivity index (χ3n) is 5.64. The molecule has 4 aromatic rings. The summed E-state index contributed by atoms with van der Waals surface area (Å²) in [5, 5.41) is 0.585. The SMILES string of the molecule is O=C1C[C@H](c2nc3ccccc3n2CCOc2ccccc2)CN1c1ccccc1Cl. The van der Waals surface area contributed by atoms with Crippen molar-refractivity contribution in [2.75, 3.05) is 18.1 Å². The highest BCUT2D eigenvalue weighted by atomic mass is 35.5. The van der Waals surface area contributed by atoms with E-state index in [2.05, 4.69) is 10.6 Å². The van der Waals surface area contributed by atoms with Crippen LogP contribution in [0.5, 0.6) is 5.75 Å². The summed E-state index contributed by atoms with van der Waals surface area (Å²) >= 11 is 6.35. The average molecular weight is 432 g/mol. The number of carbonyl (C=O) groups is 1. The minimum absolute atomic E-state index is 0.00658. The zero-order valence-corrected chi connectivity index (χ0v) is 17.7. The predicted octanol–water partition coefficient (Wildman–Crippen LogP) is 5.29. The Morgan fingerprint density at radius 1 is 0.968 bits per heavy atom. The number of ether oxygens (including phenoxy) is 1. The number of hydrogen-bond donors (Lipinski definition) is 0. The smallest absolute Gasteiger partial charge is 0.227 e. The van der Waals surface area contributed by atoms with Crippen LogP contribution in [0.25, 0.3) is 11.0 Å². The average Bonchev–Trinajstić information content (AvgIpc) is 3.35. The molecule has 0 aliphatic carbocycles. The standard InChI is InChI=1S/C25H22ClN3O2/c26-20-10-4-6-12-22(20)29-17-18(16-24(29)30)25-27-21-11-5-7-13-23(21)28(25)14-15-31-19-8-2-1-3-9-19/h1-13,18H,14-17H2/t18-/m0/s1. The lowest BCUT2D eigenvalue weighted by Crippen LogP contribution is -2.25. The van der Waals surface area contributed by atoms with Crippen molar-refractivity contribution < 1.29 is 9.53 Å². The van der Waals surface area contributed by atoms with Crippen LogP contribution >= 0.6 is 11.6 Å². The van der Waals surface area contributed by atoms with Crippen LogP contribution in [-0.4, -0.2) is 28.6 Å². The predicted molar refractivity (Wildman–Crippen MR) is 123 cm³/mol. The molecule has 0 spiro atoms. The van der Waals surface area contributed by atoms with E-state index in [9.17, 15) is 4.79 Å². The maximum absolute atomic E-state index is 12.8. The Bertz CT molecular complexity index is 1220. The van der Waals surface area contributed by atoms with Gasteiger partial charge in [0.2, 0.25) is 5.91 Å². The van der Waals surface area contributed by atoms with Gasteiger partial charge in [-0.2, -0.15) is 0 Å². The highest BCUT2D eigenvalue weighted by Crippen LogP contribution is 2.36. The lowest BCUT2D eigenvalue weighted by Gasteiger charge is -2.18. The van der Waals surface area contributed by atoms with Crippen LogP contribution in [0.1, 0.15) is 18.2 Å². The van der Waals surface area contributed by atoms with E-state index in [1.807, 2.05) is 72.8 Å². The minimum Gasteiger partial charge on any atom is -0.492 e. The Kier molecular flexibility index (Phi) is 5.35. The molecule has 1 aromatic heterocycles. The normalized spacial score (nSPS) is 16.2. The summed E-state index contributed by atoms with van der Waals surface area (Å²) in [6, 6.07) is 25.3. The molecule has 0 bridgehead atoms. The van der Waals surface area contributed by atoms with E-state index in [0.29, 0.717) is 31.1 Å². The van der Waals surface area contributed by atoms with E-state index in [1.54, 1.807) is 4.90 Å². The minimum atomic E-state index is -0.00658. The molecule has 0 unspecified atom stereocenters. The Hall–Kier alpha value is -3.31. The number of benzene rings is 3. The summed E-state index contributed by atoms with van der Waals surface area (Å²) in [5.41, 5.74) is 2.74. The van der Waals surface area contributed by atoms with Gasteiger partial charge in [0, 0.05) is 18.9 Å². The van der Waals surface area contributed by atoms with Crippen LogP contribution < -0.4 is 9.64 Å². The second-order valence-electron chi connectivity index (χ2n) is 7.63. The molecular formula is C25H22ClN3O2. The molecule has 1 fully saturated rings. The zero-order chi connectivity index (χ0) is 21.2. The van der Waals surface area contributed by atoms with E-state index in [-0.39, 0.29) is 11.8 Å². The monoisotopic (exact) mass is 431 g/mol. The third kappa shape index (κ3) is 3.89. The Labute approximate surface area is 185 Å². The molecule has 0 saturated carbocycles. The van der Waals surface area contributed by atoms with Crippen molar-refractivity contribution >= 4 is 34.2 Å². The molecule has 3 aromatic carbocycles. The van der Waals surface area contributed by atoms with Gasteiger partial charge in [-0.25, -0.2) is 4.98 Å². The molecule has 156 valence electrons. The molecule has 6 heteroatoms. The number of para-hydroxylation sites is 4. The van der Waals surface area contributed by atoms with Gasteiger partial charge >= 0.3 is 0 Å². The number of halogens is 1. The lowest BCUT2D eigenvalue weighted by molar-refractivity contribution is -0.117. The molecule has 1 aliphatic rings. The first-order valence-corrected chi connectivity index (χ1v) is 10.8. The Morgan fingerprint density at radius 3 is 2.55 bits per heavy atom. The van der Waals surface area contributed by atoms with Crippen molar-refractivity contribution in [1.29, 1.82) is 0 Å². The number of imidazole rings is 1. The number of rotatable bonds is 6. The van der Waals surface area contributed by atoms with Crippen LogP contribution in [0.3, 0.4) is 0 Å². The molecule has 0 radical (unpaired) electrons. The number of hydrogen-bond acceptors (Lipinski definition) is 3. The van der Waals surface area contributed by atoms with E-state index >= 15 is 0 Å². The first kappa shape index (κ1) is 19.6. The van der Waals surface area contributed by atoms with Gasteiger partial charge in [0.25, 0.3) is 0 Å². The van der Waals surface area contributed by atoms with Gasteiger partial charge < -0.3 is 14.2 Å². The lowest BCUT2D eigenvalue weighted by atomic mass is 10.1. The van der Waals surface area contributed by atoms with Crippen molar-refractivity contribution in [1.82, 2.24) is 9.55 Å². The molecule has 5 rings (SSSR count). The largest absolute Gasteiger partial charge is 0.492 e. The third-order valence-corrected chi connectivity index (χ3v) is 5.96. The van der Waals surface area contributed by atoms with Crippen molar-refractivity contribution in [2.45, 2.75) is 18.9 Å². The van der Waals surface area contributed by atoms with E-state index < -0.39 is 0 Å². The summed E-state index contributed by atoms with van der Waals surface area (Å²) < 4.78 is 8.12. The maximum Gasteiger partial charge on any atom is 0.227 e.